The van der Waals surface area contributed by atoms with Gasteiger partial charge in [0.2, 0.25) is 0 Å². The first-order chi connectivity index (χ1) is 10.6. The van der Waals surface area contributed by atoms with Gasteiger partial charge in [0.15, 0.2) is 0 Å². The highest BCUT2D eigenvalue weighted by Crippen LogP contribution is 2.43. The summed E-state index contributed by atoms with van der Waals surface area (Å²) in [6.07, 6.45) is 3.78. The summed E-state index contributed by atoms with van der Waals surface area (Å²) >= 11 is 0. The zero-order chi connectivity index (χ0) is 15.3. The smallest absolute Gasteiger partial charge is 0.126 e. The van der Waals surface area contributed by atoms with Gasteiger partial charge in [-0.1, -0.05) is 0 Å². The van der Waals surface area contributed by atoms with Gasteiger partial charge in [-0.05, 0) is 25.0 Å². The molecule has 6 heteroatoms. The third-order valence-corrected chi connectivity index (χ3v) is 4.60. The predicted octanol–water partition coefficient (Wildman–Crippen LogP) is 2.57. The zero-order valence-electron chi connectivity index (χ0n) is 12.6. The number of rotatable bonds is 1. The molecule has 4 rings (SSSR count). The van der Waals surface area contributed by atoms with E-state index in [9.17, 15) is 4.39 Å². The zero-order valence-corrected chi connectivity index (χ0v) is 12.6. The van der Waals surface area contributed by atoms with Crippen LogP contribution in [0, 0.1) is 5.82 Å². The quantitative estimate of drug-likeness (QED) is 0.823. The third kappa shape index (κ3) is 1.98. The second-order valence-electron chi connectivity index (χ2n) is 6.04. The number of nitrogens with zero attached hydrogens (tertiary/aromatic N) is 3. The number of nitrogens with two attached hydrogens (primary N) is 1. The minimum atomic E-state index is -0.309. The summed E-state index contributed by atoms with van der Waals surface area (Å²) in [5, 5.41) is 4.59. The van der Waals surface area contributed by atoms with Gasteiger partial charge in [0.25, 0.3) is 0 Å². The number of hydrogen-bond donors (Lipinski definition) is 1. The maximum atomic E-state index is 13.8. The van der Waals surface area contributed by atoms with Crippen LogP contribution in [0.25, 0.3) is 11.1 Å². The van der Waals surface area contributed by atoms with Crippen LogP contribution in [0.3, 0.4) is 0 Å². The molecule has 1 fully saturated rings. The monoisotopic (exact) mass is 302 g/mol. The fourth-order valence-electron chi connectivity index (χ4n) is 3.57. The molecule has 0 radical (unpaired) electrons. The maximum Gasteiger partial charge on any atom is 0.126 e. The van der Waals surface area contributed by atoms with Gasteiger partial charge in [-0.2, -0.15) is 5.10 Å². The molecule has 0 spiro atoms. The van der Waals surface area contributed by atoms with E-state index in [0.717, 1.165) is 55.1 Å². The second-order valence-corrected chi connectivity index (χ2v) is 6.04. The van der Waals surface area contributed by atoms with Crippen molar-refractivity contribution < 1.29 is 9.13 Å². The van der Waals surface area contributed by atoms with Gasteiger partial charge in [-0.15, -0.1) is 0 Å². The van der Waals surface area contributed by atoms with Crippen LogP contribution in [-0.2, 0) is 11.3 Å². The summed E-state index contributed by atoms with van der Waals surface area (Å²) in [5.41, 5.74) is 10.3. The molecule has 1 aromatic heterocycles. The average molecular weight is 302 g/mol. The molecule has 116 valence electrons. The number of nitrogen functional groups attached to an aromatic ring is 1. The molecule has 2 N–H and O–H groups in total. The maximum absolute atomic E-state index is 13.8. The Hall–Kier alpha value is -2.08. The lowest BCUT2D eigenvalue weighted by atomic mass is 9.97. The molecule has 0 unspecified atom stereocenters. The number of fused-ring (bicyclic) bond motifs is 3. The minimum Gasteiger partial charge on any atom is -0.397 e. The van der Waals surface area contributed by atoms with E-state index in [1.54, 1.807) is 6.07 Å². The fourth-order valence-corrected chi connectivity index (χ4v) is 3.57. The van der Waals surface area contributed by atoms with Gasteiger partial charge >= 0.3 is 0 Å². The summed E-state index contributed by atoms with van der Waals surface area (Å²) in [6, 6.07) is 3.29. The van der Waals surface area contributed by atoms with Crippen molar-refractivity contribution in [3.63, 3.8) is 0 Å². The molecule has 2 aliphatic heterocycles. The number of anilines is 2. The molecule has 5 nitrogen and oxygen atoms in total. The SMILES string of the molecule is CN1Cc2c(cnn2C2CCOCC2)-c2cc(F)cc(N)c21. The Morgan fingerprint density at radius 2 is 2.05 bits per heavy atom. The lowest BCUT2D eigenvalue weighted by Gasteiger charge is -2.31. The van der Waals surface area contributed by atoms with Crippen molar-refractivity contribution in [1.29, 1.82) is 0 Å². The third-order valence-electron chi connectivity index (χ3n) is 4.60. The van der Waals surface area contributed by atoms with Crippen LogP contribution in [0.15, 0.2) is 18.3 Å². The van der Waals surface area contributed by atoms with E-state index in [1.165, 1.54) is 6.07 Å². The van der Waals surface area contributed by atoms with Crippen molar-refractivity contribution in [2.24, 2.45) is 0 Å². The summed E-state index contributed by atoms with van der Waals surface area (Å²) in [5.74, 6) is -0.309. The first-order valence-electron chi connectivity index (χ1n) is 7.60. The largest absolute Gasteiger partial charge is 0.397 e. The summed E-state index contributed by atoms with van der Waals surface area (Å²) in [4.78, 5) is 2.07. The van der Waals surface area contributed by atoms with Crippen LogP contribution in [0.4, 0.5) is 15.8 Å². The number of ether oxygens (including phenoxy) is 1. The number of aromatic nitrogens is 2. The Kier molecular flexibility index (Phi) is 3.07. The molecule has 0 amide bonds. The molecular formula is C16H19FN4O. The highest BCUT2D eigenvalue weighted by molar-refractivity contribution is 5.89. The van der Waals surface area contributed by atoms with Crippen LogP contribution >= 0.6 is 0 Å². The lowest BCUT2D eigenvalue weighted by molar-refractivity contribution is 0.0654. The number of benzene rings is 1. The van der Waals surface area contributed by atoms with Crippen LogP contribution < -0.4 is 10.6 Å². The van der Waals surface area contributed by atoms with Gasteiger partial charge in [0.05, 0.1) is 35.9 Å². The van der Waals surface area contributed by atoms with E-state index in [1.807, 2.05) is 13.2 Å². The molecule has 3 heterocycles. The van der Waals surface area contributed by atoms with Gasteiger partial charge in [-0.25, -0.2) is 4.39 Å². The van der Waals surface area contributed by atoms with Crippen molar-refractivity contribution in [2.75, 3.05) is 30.9 Å². The van der Waals surface area contributed by atoms with Crippen LogP contribution in [0.5, 0.6) is 0 Å². The Morgan fingerprint density at radius 1 is 1.27 bits per heavy atom. The minimum absolute atomic E-state index is 0.309. The summed E-state index contributed by atoms with van der Waals surface area (Å²) in [7, 11) is 1.98. The Balaban J connectivity index is 1.84. The Bertz CT molecular complexity index is 721. The normalized spacial score (nSPS) is 18.2. The Morgan fingerprint density at radius 3 is 2.82 bits per heavy atom. The summed E-state index contributed by atoms with van der Waals surface area (Å²) in [6.45, 7) is 2.27. The molecule has 1 aromatic carbocycles. The van der Waals surface area contributed by atoms with E-state index in [2.05, 4.69) is 14.7 Å². The van der Waals surface area contributed by atoms with Gasteiger partial charge in [-0.3, -0.25) is 4.68 Å². The average Bonchev–Trinajstić information content (AvgIpc) is 2.91. The highest BCUT2D eigenvalue weighted by Gasteiger charge is 2.29. The number of hydrogen-bond acceptors (Lipinski definition) is 4. The van der Waals surface area contributed by atoms with Crippen LogP contribution in [-0.4, -0.2) is 30.0 Å². The van der Waals surface area contributed by atoms with E-state index in [0.29, 0.717) is 11.7 Å². The molecule has 2 aliphatic rings. The highest BCUT2D eigenvalue weighted by atomic mass is 19.1. The van der Waals surface area contributed by atoms with Crippen molar-refractivity contribution in [3.8, 4) is 11.1 Å². The lowest BCUT2D eigenvalue weighted by Crippen LogP contribution is -2.28. The van der Waals surface area contributed by atoms with Gasteiger partial charge < -0.3 is 15.4 Å². The summed E-state index contributed by atoms with van der Waals surface area (Å²) < 4.78 is 21.3. The van der Waals surface area contributed by atoms with Crippen molar-refractivity contribution in [2.45, 2.75) is 25.4 Å². The first kappa shape index (κ1) is 13.6. The molecule has 22 heavy (non-hydrogen) atoms. The molecule has 0 aliphatic carbocycles. The standard InChI is InChI=1S/C16H19FN4O/c1-20-9-15-13(12-6-10(17)7-14(18)16(12)20)8-19-21(15)11-2-4-22-5-3-11/h6-8,11H,2-5,9,18H2,1H3. The molecule has 0 saturated carbocycles. The number of halogens is 1. The fraction of sp³-hybridized carbons (Fsp3) is 0.438. The van der Waals surface area contributed by atoms with Crippen molar-refractivity contribution >= 4 is 11.4 Å². The molecule has 2 aromatic rings. The first-order valence-corrected chi connectivity index (χ1v) is 7.60. The van der Waals surface area contributed by atoms with Crippen LogP contribution in [0.2, 0.25) is 0 Å². The predicted molar refractivity (Wildman–Crippen MR) is 83.2 cm³/mol. The van der Waals surface area contributed by atoms with Gasteiger partial charge in [0, 0.05) is 31.4 Å². The molecule has 0 bridgehead atoms. The van der Waals surface area contributed by atoms with E-state index in [4.69, 9.17) is 10.5 Å². The molecular weight excluding hydrogens is 283 g/mol. The van der Waals surface area contributed by atoms with E-state index in [-0.39, 0.29) is 5.82 Å². The molecule has 0 atom stereocenters. The molecule has 1 saturated heterocycles. The Labute approximate surface area is 128 Å². The van der Waals surface area contributed by atoms with E-state index < -0.39 is 0 Å². The second kappa shape index (κ2) is 4.98. The van der Waals surface area contributed by atoms with Gasteiger partial charge in [0.1, 0.15) is 5.82 Å². The van der Waals surface area contributed by atoms with Crippen LogP contribution in [0.1, 0.15) is 24.6 Å². The van der Waals surface area contributed by atoms with Crippen molar-refractivity contribution in [1.82, 2.24) is 9.78 Å². The topological polar surface area (TPSA) is 56.3 Å². The van der Waals surface area contributed by atoms with Crippen molar-refractivity contribution in [3.05, 3.63) is 29.8 Å². The van der Waals surface area contributed by atoms with E-state index >= 15 is 0 Å².